The molecule has 3 aromatic rings. The number of anilines is 1. The van der Waals surface area contributed by atoms with Crippen molar-refractivity contribution in [1.82, 2.24) is 14.8 Å². The molecule has 0 fully saturated rings. The molecule has 1 aromatic carbocycles. The highest BCUT2D eigenvalue weighted by Crippen LogP contribution is 2.18. The Balaban J connectivity index is 1.67. The molecule has 0 spiro atoms. The number of rotatable bonds is 5. The Morgan fingerprint density at radius 1 is 1.27 bits per heavy atom. The first-order chi connectivity index (χ1) is 12.4. The molecule has 0 saturated heterocycles. The fraction of sp³-hybridized carbons (Fsp3) is 0.176. The molecule has 0 aliphatic rings. The number of benzene rings is 1. The third-order valence-electron chi connectivity index (χ3n) is 3.44. The third kappa shape index (κ3) is 3.94. The first-order valence-corrected chi connectivity index (χ1v) is 8.51. The predicted molar refractivity (Wildman–Crippen MR) is 94.0 cm³/mol. The second-order valence-corrected chi connectivity index (χ2v) is 6.31. The lowest BCUT2D eigenvalue weighted by Gasteiger charge is -2.09. The van der Waals surface area contributed by atoms with Gasteiger partial charge in [-0.3, -0.25) is 4.79 Å². The summed E-state index contributed by atoms with van der Waals surface area (Å²) in [6.45, 7) is 3.02. The van der Waals surface area contributed by atoms with E-state index in [2.05, 4.69) is 15.4 Å². The van der Waals surface area contributed by atoms with E-state index in [1.807, 2.05) is 0 Å². The van der Waals surface area contributed by atoms with Crippen molar-refractivity contribution in [2.75, 3.05) is 11.9 Å². The molecule has 1 N–H and O–H groups in total. The Hall–Kier alpha value is -3.07. The second kappa shape index (κ2) is 7.44. The van der Waals surface area contributed by atoms with Crippen LogP contribution in [0.15, 0.2) is 35.8 Å². The zero-order chi connectivity index (χ0) is 18.7. The molecule has 134 valence electrons. The molecule has 0 unspecified atom stereocenters. The van der Waals surface area contributed by atoms with Gasteiger partial charge in [0.1, 0.15) is 16.5 Å². The third-order valence-corrected chi connectivity index (χ3v) is 4.34. The number of hydrogen-bond donors (Lipinski definition) is 1. The lowest BCUT2D eigenvalue weighted by molar-refractivity contribution is -0.119. The minimum atomic E-state index is -0.594. The standard InChI is InChI=1S/C17H15FN4O3S/c1-10-7-14(22(21-10)13-5-3-12(18)4-6-13)20-15(23)8-25-17(24)16-11(2)19-9-26-16/h3-7,9H,8H2,1-2H3,(H,20,23). The molecule has 1 amide bonds. The molecular weight excluding hydrogens is 359 g/mol. The number of carbonyl (C=O) groups excluding carboxylic acids is 2. The molecule has 0 aliphatic heterocycles. The molecule has 2 heterocycles. The minimum absolute atomic E-state index is 0.366. The number of halogens is 1. The van der Waals surface area contributed by atoms with E-state index in [0.717, 1.165) is 11.3 Å². The first kappa shape index (κ1) is 17.7. The number of aryl methyl sites for hydroxylation is 2. The van der Waals surface area contributed by atoms with Gasteiger partial charge < -0.3 is 10.1 Å². The molecule has 0 bridgehead atoms. The van der Waals surface area contributed by atoms with E-state index in [9.17, 15) is 14.0 Å². The molecule has 0 atom stereocenters. The van der Waals surface area contributed by atoms with Gasteiger partial charge in [-0.1, -0.05) is 0 Å². The summed E-state index contributed by atoms with van der Waals surface area (Å²) in [4.78, 5) is 28.4. The van der Waals surface area contributed by atoms with Gasteiger partial charge >= 0.3 is 5.97 Å². The highest BCUT2D eigenvalue weighted by molar-refractivity contribution is 7.11. The average molecular weight is 374 g/mol. The smallest absolute Gasteiger partial charge is 0.350 e. The molecular formula is C17H15FN4O3S. The molecule has 9 heteroatoms. The topological polar surface area (TPSA) is 86.1 Å². The number of carbonyl (C=O) groups is 2. The number of hydrogen-bond acceptors (Lipinski definition) is 6. The van der Waals surface area contributed by atoms with Crippen LogP contribution in [0.3, 0.4) is 0 Å². The van der Waals surface area contributed by atoms with Gasteiger partial charge in [-0.05, 0) is 38.1 Å². The monoisotopic (exact) mass is 374 g/mol. The van der Waals surface area contributed by atoms with Crippen molar-refractivity contribution in [2.24, 2.45) is 0 Å². The largest absolute Gasteiger partial charge is 0.451 e. The van der Waals surface area contributed by atoms with E-state index in [-0.39, 0.29) is 5.82 Å². The molecule has 2 aromatic heterocycles. The first-order valence-electron chi connectivity index (χ1n) is 7.63. The summed E-state index contributed by atoms with van der Waals surface area (Å²) in [5.41, 5.74) is 3.36. The normalized spacial score (nSPS) is 10.6. The number of ether oxygens (including phenoxy) is 1. The van der Waals surface area contributed by atoms with Crippen molar-refractivity contribution in [1.29, 1.82) is 0 Å². The number of nitrogens with one attached hydrogen (secondary N) is 1. The maximum Gasteiger partial charge on any atom is 0.350 e. The molecule has 0 saturated carbocycles. The summed E-state index contributed by atoms with van der Waals surface area (Å²) in [5.74, 6) is -1.08. The predicted octanol–water partition coefficient (Wildman–Crippen LogP) is 2.88. The second-order valence-electron chi connectivity index (χ2n) is 5.45. The van der Waals surface area contributed by atoms with Crippen molar-refractivity contribution in [3.8, 4) is 5.69 Å². The van der Waals surface area contributed by atoms with E-state index in [1.165, 1.54) is 22.3 Å². The van der Waals surface area contributed by atoms with Gasteiger partial charge in [-0.15, -0.1) is 11.3 Å². The summed E-state index contributed by atoms with van der Waals surface area (Å²) in [6.07, 6.45) is 0. The van der Waals surface area contributed by atoms with Gasteiger partial charge in [0.05, 0.1) is 22.6 Å². The molecule has 3 rings (SSSR count). The summed E-state index contributed by atoms with van der Waals surface area (Å²) in [5, 5.41) is 6.91. The summed E-state index contributed by atoms with van der Waals surface area (Å²) in [7, 11) is 0. The lowest BCUT2D eigenvalue weighted by Crippen LogP contribution is -2.22. The molecule has 0 radical (unpaired) electrons. The summed E-state index contributed by atoms with van der Waals surface area (Å²) in [6, 6.07) is 7.36. The van der Waals surface area contributed by atoms with Crippen molar-refractivity contribution in [3.63, 3.8) is 0 Å². The van der Waals surface area contributed by atoms with Crippen LogP contribution < -0.4 is 5.32 Å². The van der Waals surface area contributed by atoms with Crippen LogP contribution in [0.2, 0.25) is 0 Å². The maximum absolute atomic E-state index is 13.1. The lowest BCUT2D eigenvalue weighted by atomic mass is 10.3. The molecule has 7 nitrogen and oxygen atoms in total. The number of esters is 1. The number of thiazole rings is 1. The van der Waals surface area contributed by atoms with Gasteiger partial charge in [0.25, 0.3) is 5.91 Å². The van der Waals surface area contributed by atoms with Crippen molar-refractivity contribution in [3.05, 3.63) is 57.9 Å². The van der Waals surface area contributed by atoms with Gasteiger partial charge in [-0.2, -0.15) is 5.10 Å². The van der Waals surface area contributed by atoms with Crippen molar-refractivity contribution in [2.45, 2.75) is 13.8 Å². The maximum atomic E-state index is 13.1. The zero-order valence-electron chi connectivity index (χ0n) is 14.0. The fourth-order valence-electron chi connectivity index (χ4n) is 2.24. The van der Waals surface area contributed by atoms with Crippen LogP contribution >= 0.6 is 11.3 Å². The SMILES string of the molecule is Cc1cc(NC(=O)COC(=O)c2scnc2C)n(-c2ccc(F)cc2)n1. The Kier molecular flexibility index (Phi) is 5.08. The van der Waals surface area contributed by atoms with Crippen LogP contribution in [-0.4, -0.2) is 33.2 Å². The number of amides is 1. The average Bonchev–Trinajstić information content (AvgIpc) is 3.19. The van der Waals surface area contributed by atoms with Crippen LogP contribution in [0, 0.1) is 19.7 Å². The van der Waals surface area contributed by atoms with Gasteiger partial charge in [0, 0.05) is 6.07 Å². The minimum Gasteiger partial charge on any atom is -0.451 e. The number of aromatic nitrogens is 3. The van der Waals surface area contributed by atoms with Crippen LogP contribution in [-0.2, 0) is 9.53 Å². The van der Waals surface area contributed by atoms with Crippen LogP contribution in [0.25, 0.3) is 5.69 Å². The van der Waals surface area contributed by atoms with E-state index >= 15 is 0 Å². The van der Waals surface area contributed by atoms with Gasteiger partial charge in [0.2, 0.25) is 0 Å². The van der Waals surface area contributed by atoms with E-state index in [4.69, 9.17) is 4.74 Å². The molecule has 26 heavy (non-hydrogen) atoms. The molecule has 0 aliphatic carbocycles. The van der Waals surface area contributed by atoms with E-state index in [1.54, 1.807) is 32.0 Å². The summed E-state index contributed by atoms with van der Waals surface area (Å²) < 4.78 is 19.6. The number of nitrogens with zero attached hydrogens (tertiary/aromatic N) is 3. The highest BCUT2D eigenvalue weighted by atomic mass is 32.1. The quantitative estimate of drug-likeness (QED) is 0.694. The van der Waals surface area contributed by atoms with Crippen molar-refractivity contribution >= 4 is 29.0 Å². The zero-order valence-corrected chi connectivity index (χ0v) is 14.8. The van der Waals surface area contributed by atoms with Gasteiger partial charge in [0.15, 0.2) is 6.61 Å². The Morgan fingerprint density at radius 2 is 2.00 bits per heavy atom. The van der Waals surface area contributed by atoms with Crippen LogP contribution in [0.4, 0.5) is 10.2 Å². The Bertz CT molecular complexity index is 949. The fourth-order valence-corrected chi connectivity index (χ4v) is 2.94. The Morgan fingerprint density at radius 3 is 2.65 bits per heavy atom. The van der Waals surface area contributed by atoms with Crippen LogP contribution in [0.1, 0.15) is 21.1 Å². The van der Waals surface area contributed by atoms with Crippen molar-refractivity contribution < 1.29 is 18.7 Å². The summed E-state index contributed by atoms with van der Waals surface area (Å²) >= 11 is 1.16. The van der Waals surface area contributed by atoms with E-state index in [0.29, 0.717) is 27.8 Å². The van der Waals surface area contributed by atoms with E-state index < -0.39 is 18.5 Å². The van der Waals surface area contributed by atoms with Crippen LogP contribution in [0.5, 0.6) is 0 Å². The Labute approximate surface area is 152 Å². The highest BCUT2D eigenvalue weighted by Gasteiger charge is 2.16. The van der Waals surface area contributed by atoms with Gasteiger partial charge in [-0.25, -0.2) is 18.9 Å².